The zero-order valence-corrected chi connectivity index (χ0v) is 11.9. The second-order valence-corrected chi connectivity index (χ2v) is 5.49. The molecule has 0 saturated heterocycles. The number of nitriles is 1. The van der Waals surface area contributed by atoms with Gasteiger partial charge in [0.1, 0.15) is 11.8 Å². The molecule has 0 bridgehead atoms. The third-order valence-corrected chi connectivity index (χ3v) is 3.63. The maximum atomic E-state index is 12.4. The summed E-state index contributed by atoms with van der Waals surface area (Å²) in [7, 11) is 0. The lowest BCUT2D eigenvalue weighted by atomic mass is 10.2. The second-order valence-electron chi connectivity index (χ2n) is 5.05. The normalized spacial score (nSPS) is 13.7. The highest BCUT2D eigenvalue weighted by Gasteiger charge is 2.27. The molecule has 3 N–H and O–H groups in total. The van der Waals surface area contributed by atoms with E-state index in [9.17, 15) is 4.79 Å². The lowest BCUT2D eigenvalue weighted by molar-refractivity contribution is 0.101. The van der Waals surface area contributed by atoms with E-state index in [-0.39, 0.29) is 5.91 Å². The molecule has 5 nitrogen and oxygen atoms in total. The number of amides is 1. The van der Waals surface area contributed by atoms with E-state index in [0.29, 0.717) is 33.7 Å². The molecule has 3 rings (SSSR count). The highest BCUT2D eigenvalue weighted by molar-refractivity contribution is 6.31. The van der Waals surface area contributed by atoms with Gasteiger partial charge >= 0.3 is 0 Å². The summed E-state index contributed by atoms with van der Waals surface area (Å²) in [5.74, 6) is -0.294. The topological polar surface area (TPSA) is 83.8 Å². The third-order valence-electron chi connectivity index (χ3n) is 3.39. The number of nitrogen functional groups attached to an aromatic ring is 1. The summed E-state index contributed by atoms with van der Waals surface area (Å²) in [6, 6.07) is 8.77. The first kappa shape index (κ1) is 13.5. The summed E-state index contributed by atoms with van der Waals surface area (Å²) in [4.78, 5) is 12.4. The van der Waals surface area contributed by atoms with Crippen LogP contribution in [0.15, 0.2) is 30.5 Å². The van der Waals surface area contributed by atoms with Gasteiger partial charge in [0.2, 0.25) is 0 Å². The van der Waals surface area contributed by atoms with E-state index in [4.69, 9.17) is 22.6 Å². The Morgan fingerprint density at radius 2 is 2.19 bits per heavy atom. The lowest BCUT2D eigenvalue weighted by Crippen LogP contribution is -2.17. The fourth-order valence-electron chi connectivity index (χ4n) is 2.24. The monoisotopic (exact) mass is 300 g/mol. The highest BCUT2D eigenvalue weighted by Crippen LogP contribution is 2.37. The van der Waals surface area contributed by atoms with Gasteiger partial charge in [0.15, 0.2) is 0 Å². The SMILES string of the molecule is N#Cc1ccc(Cl)cc1NC(=O)c1cc(N)cn1C1CC1. The van der Waals surface area contributed by atoms with E-state index in [1.807, 2.05) is 10.6 Å². The molecule has 0 aliphatic heterocycles. The van der Waals surface area contributed by atoms with Gasteiger partial charge in [0, 0.05) is 17.3 Å². The van der Waals surface area contributed by atoms with Gasteiger partial charge in [0.25, 0.3) is 5.91 Å². The molecule has 0 atom stereocenters. The Morgan fingerprint density at radius 1 is 1.43 bits per heavy atom. The number of rotatable bonds is 3. The number of nitrogens with one attached hydrogen (secondary N) is 1. The number of carbonyl (C=O) groups excluding carboxylic acids is 1. The quantitative estimate of drug-likeness (QED) is 0.913. The van der Waals surface area contributed by atoms with Gasteiger partial charge in [-0.1, -0.05) is 11.6 Å². The molecule has 1 fully saturated rings. The number of halogens is 1. The predicted octanol–water partition coefficient (Wildman–Crippen LogP) is 3.18. The molecule has 1 aliphatic carbocycles. The number of anilines is 2. The van der Waals surface area contributed by atoms with Crippen molar-refractivity contribution in [3.8, 4) is 6.07 Å². The van der Waals surface area contributed by atoms with Crippen LogP contribution >= 0.6 is 11.6 Å². The Labute approximate surface area is 126 Å². The smallest absolute Gasteiger partial charge is 0.272 e. The second kappa shape index (κ2) is 5.15. The van der Waals surface area contributed by atoms with Crippen molar-refractivity contribution in [3.05, 3.63) is 46.7 Å². The zero-order chi connectivity index (χ0) is 15.0. The molecule has 6 heteroatoms. The fourth-order valence-corrected chi connectivity index (χ4v) is 2.41. The molecule has 1 heterocycles. The van der Waals surface area contributed by atoms with E-state index >= 15 is 0 Å². The van der Waals surface area contributed by atoms with E-state index in [2.05, 4.69) is 5.32 Å². The van der Waals surface area contributed by atoms with Crippen molar-refractivity contribution < 1.29 is 4.79 Å². The van der Waals surface area contributed by atoms with Gasteiger partial charge in [-0.2, -0.15) is 5.26 Å². The minimum Gasteiger partial charge on any atom is -0.397 e. The molecule has 0 spiro atoms. The summed E-state index contributed by atoms with van der Waals surface area (Å²) < 4.78 is 1.89. The van der Waals surface area contributed by atoms with Crippen LogP contribution in [-0.4, -0.2) is 10.5 Å². The number of nitrogens with zero attached hydrogens (tertiary/aromatic N) is 2. The first-order valence-electron chi connectivity index (χ1n) is 6.57. The van der Waals surface area contributed by atoms with Crippen molar-refractivity contribution in [1.29, 1.82) is 5.26 Å². The Morgan fingerprint density at radius 3 is 2.86 bits per heavy atom. The van der Waals surface area contributed by atoms with Crippen LogP contribution in [0, 0.1) is 11.3 Å². The number of hydrogen-bond donors (Lipinski definition) is 2. The molecule has 2 aromatic rings. The predicted molar refractivity (Wildman–Crippen MR) is 81.2 cm³/mol. The van der Waals surface area contributed by atoms with Crippen molar-refractivity contribution in [2.24, 2.45) is 0 Å². The van der Waals surface area contributed by atoms with Gasteiger partial charge in [-0.15, -0.1) is 0 Å². The molecule has 1 aromatic heterocycles. The Bertz CT molecular complexity index is 756. The van der Waals surface area contributed by atoms with Crippen LogP contribution in [-0.2, 0) is 0 Å². The number of nitrogens with two attached hydrogens (primary N) is 1. The lowest BCUT2D eigenvalue weighted by Gasteiger charge is -2.10. The standard InChI is InChI=1S/C15H13ClN4O/c16-10-2-1-9(7-17)13(5-10)19-15(21)14-6-11(18)8-20(14)12-3-4-12/h1-2,5-6,8,12H,3-4,18H2,(H,19,21). The van der Waals surface area contributed by atoms with Crippen LogP contribution in [0.2, 0.25) is 5.02 Å². The fraction of sp³-hybridized carbons (Fsp3) is 0.200. The van der Waals surface area contributed by atoms with Crippen molar-refractivity contribution >= 4 is 28.9 Å². The zero-order valence-electron chi connectivity index (χ0n) is 11.1. The van der Waals surface area contributed by atoms with Gasteiger partial charge in [0.05, 0.1) is 16.9 Å². The molecular weight excluding hydrogens is 288 g/mol. The van der Waals surface area contributed by atoms with Crippen LogP contribution in [0.1, 0.15) is 34.9 Å². The van der Waals surface area contributed by atoms with Gasteiger partial charge in [-0.25, -0.2) is 0 Å². The van der Waals surface area contributed by atoms with E-state index in [1.165, 1.54) is 0 Å². The Kier molecular flexibility index (Phi) is 3.32. The number of aromatic nitrogens is 1. The van der Waals surface area contributed by atoms with Crippen LogP contribution in [0.25, 0.3) is 0 Å². The van der Waals surface area contributed by atoms with Crippen LogP contribution in [0.3, 0.4) is 0 Å². The minimum absolute atomic E-state index is 0.294. The average Bonchev–Trinajstić information content (AvgIpc) is 3.21. The van der Waals surface area contributed by atoms with Crippen molar-refractivity contribution in [2.75, 3.05) is 11.1 Å². The summed E-state index contributed by atoms with van der Waals surface area (Å²) in [6.45, 7) is 0. The van der Waals surface area contributed by atoms with Gasteiger partial charge in [-0.05, 0) is 37.1 Å². The van der Waals surface area contributed by atoms with Crippen LogP contribution in [0.4, 0.5) is 11.4 Å². The molecule has 0 unspecified atom stereocenters. The van der Waals surface area contributed by atoms with Crippen molar-refractivity contribution in [2.45, 2.75) is 18.9 Å². The Hall–Kier alpha value is -2.45. The molecule has 21 heavy (non-hydrogen) atoms. The molecule has 106 valence electrons. The number of hydrogen-bond acceptors (Lipinski definition) is 3. The Balaban J connectivity index is 1.90. The first-order chi connectivity index (χ1) is 10.1. The molecule has 1 aromatic carbocycles. The third kappa shape index (κ3) is 2.71. The maximum absolute atomic E-state index is 12.4. The summed E-state index contributed by atoms with van der Waals surface area (Å²) >= 11 is 5.91. The van der Waals surface area contributed by atoms with E-state index in [0.717, 1.165) is 12.8 Å². The van der Waals surface area contributed by atoms with E-state index < -0.39 is 0 Å². The molecule has 1 amide bonds. The van der Waals surface area contributed by atoms with Gasteiger partial charge < -0.3 is 15.6 Å². The van der Waals surface area contributed by atoms with Crippen LogP contribution < -0.4 is 11.1 Å². The average molecular weight is 301 g/mol. The highest BCUT2D eigenvalue weighted by atomic mass is 35.5. The first-order valence-corrected chi connectivity index (χ1v) is 6.94. The molecule has 0 radical (unpaired) electrons. The molecule has 1 saturated carbocycles. The minimum atomic E-state index is -0.294. The number of carbonyl (C=O) groups is 1. The summed E-state index contributed by atoms with van der Waals surface area (Å²) in [5, 5.41) is 12.3. The summed E-state index contributed by atoms with van der Waals surface area (Å²) in [5.41, 5.74) is 7.60. The largest absolute Gasteiger partial charge is 0.397 e. The van der Waals surface area contributed by atoms with Crippen molar-refractivity contribution in [1.82, 2.24) is 4.57 Å². The summed E-state index contributed by atoms with van der Waals surface area (Å²) in [6.07, 6.45) is 3.87. The van der Waals surface area contributed by atoms with Gasteiger partial charge in [-0.3, -0.25) is 4.79 Å². The van der Waals surface area contributed by atoms with Crippen LogP contribution in [0.5, 0.6) is 0 Å². The number of benzene rings is 1. The molecular formula is C15H13ClN4O. The van der Waals surface area contributed by atoms with Crippen molar-refractivity contribution in [3.63, 3.8) is 0 Å². The maximum Gasteiger partial charge on any atom is 0.272 e. The van der Waals surface area contributed by atoms with E-state index in [1.54, 1.807) is 30.5 Å². The molecule has 1 aliphatic rings.